The lowest BCUT2D eigenvalue weighted by Crippen LogP contribution is -2.53. The minimum absolute atomic E-state index is 0.0888. The monoisotopic (exact) mass is 307 g/mol. The fourth-order valence-corrected chi connectivity index (χ4v) is 6.06. The summed E-state index contributed by atoms with van der Waals surface area (Å²) >= 11 is 0. The van der Waals surface area contributed by atoms with E-state index in [0.717, 1.165) is 25.7 Å². The largest absolute Gasteiger partial charge is 0.393 e. The molecular formula is C19H33NO2. The van der Waals surface area contributed by atoms with Crippen molar-refractivity contribution in [3.05, 3.63) is 12.2 Å². The van der Waals surface area contributed by atoms with E-state index in [4.69, 9.17) is 5.73 Å². The number of aliphatic hydroxyl groups excluding tert-OH is 2. The molecule has 0 aromatic heterocycles. The van der Waals surface area contributed by atoms with Gasteiger partial charge in [-0.3, -0.25) is 0 Å². The second-order valence-electron chi connectivity index (χ2n) is 8.66. The molecule has 0 radical (unpaired) electrons. The van der Waals surface area contributed by atoms with E-state index in [-0.39, 0.29) is 16.9 Å². The van der Waals surface area contributed by atoms with Crippen molar-refractivity contribution in [2.45, 2.75) is 71.0 Å². The number of hydrogen-bond acceptors (Lipinski definition) is 3. The Hall–Kier alpha value is -0.380. The third-order valence-corrected chi connectivity index (χ3v) is 7.78. The van der Waals surface area contributed by atoms with Crippen LogP contribution < -0.4 is 5.73 Å². The average molecular weight is 307 g/mol. The highest BCUT2D eigenvalue weighted by atomic mass is 16.3. The number of allylic oxidation sites excluding steroid dienone is 1. The zero-order valence-electron chi connectivity index (χ0n) is 14.2. The molecule has 0 bridgehead atoms. The van der Waals surface area contributed by atoms with Crippen molar-refractivity contribution in [3.63, 3.8) is 0 Å². The number of hydrogen-bond donors (Lipinski definition) is 3. The number of nitrogens with two attached hydrogens (primary N) is 1. The summed E-state index contributed by atoms with van der Waals surface area (Å²) in [6.07, 6.45) is 6.20. The fraction of sp³-hybridized carbons (Fsp3) is 0.895. The van der Waals surface area contributed by atoms with Gasteiger partial charge in [0, 0.05) is 0 Å². The summed E-state index contributed by atoms with van der Waals surface area (Å²) in [5, 5.41) is 20.6. The van der Waals surface area contributed by atoms with Crippen LogP contribution in [0.15, 0.2) is 12.2 Å². The second-order valence-corrected chi connectivity index (χ2v) is 8.66. The van der Waals surface area contributed by atoms with Gasteiger partial charge in [-0.1, -0.05) is 26.0 Å². The van der Waals surface area contributed by atoms with Gasteiger partial charge < -0.3 is 15.9 Å². The smallest absolute Gasteiger partial charge is 0.0621 e. The van der Waals surface area contributed by atoms with Gasteiger partial charge >= 0.3 is 0 Å². The van der Waals surface area contributed by atoms with Gasteiger partial charge in [0.15, 0.2) is 0 Å². The zero-order valence-corrected chi connectivity index (χ0v) is 14.2. The molecule has 22 heavy (non-hydrogen) atoms. The highest BCUT2D eigenvalue weighted by Crippen LogP contribution is 2.62. The first-order valence-corrected chi connectivity index (χ1v) is 9.07. The van der Waals surface area contributed by atoms with Gasteiger partial charge in [-0.2, -0.15) is 0 Å². The highest BCUT2D eigenvalue weighted by Gasteiger charge is 2.56. The second kappa shape index (κ2) is 5.61. The van der Waals surface area contributed by atoms with Crippen LogP contribution in [0.25, 0.3) is 0 Å². The van der Waals surface area contributed by atoms with Crippen LogP contribution in [0.4, 0.5) is 0 Å². The molecule has 3 nitrogen and oxygen atoms in total. The van der Waals surface area contributed by atoms with Crippen LogP contribution in [0.3, 0.4) is 0 Å². The van der Waals surface area contributed by atoms with Crippen LogP contribution >= 0.6 is 0 Å². The van der Waals surface area contributed by atoms with E-state index >= 15 is 0 Å². The first-order chi connectivity index (χ1) is 10.3. The molecular weight excluding hydrogens is 274 g/mol. The fourth-order valence-electron chi connectivity index (χ4n) is 6.06. The first-order valence-electron chi connectivity index (χ1n) is 9.07. The predicted molar refractivity (Wildman–Crippen MR) is 89.2 cm³/mol. The van der Waals surface area contributed by atoms with Crippen molar-refractivity contribution in [1.82, 2.24) is 0 Å². The Morgan fingerprint density at radius 2 is 1.86 bits per heavy atom. The van der Waals surface area contributed by atoms with Crippen molar-refractivity contribution in [2.75, 3.05) is 6.54 Å². The summed E-state index contributed by atoms with van der Waals surface area (Å²) in [5.41, 5.74) is 7.82. The van der Waals surface area contributed by atoms with Gasteiger partial charge in [0.05, 0.1) is 12.2 Å². The third-order valence-electron chi connectivity index (χ3n) is 7.78. The van der Waals surface area contributed by atoms with Crippen molar-refractivity contribution in [2.24, 2.45) is 34.3 Å². The molecule has 3 heteroatoms. The molecule has 0 spiro atoms. The molecule has 0 aromatic rings. The molecule has 0 amide bonds. The molecule has 3 saturated carbocycles. The zero-order chi connectivity index (χ0) is 16.1. The van der Waals surface area contributed by atoms with E-state index in [1.54, 1.807) is 0 Å². The van der Waals surface area contributed by atoms with Crippen LogP contribution in [0.1, 0.15) is 58.8 Å². The number of fused-ring (bicyclic) bond motifs is 1. The average Bonchev–Trinajstić information content (AvgIpc) is 2.78. The minimum Gasteiger partial charge on any atom is -0.393 e. The van der Waals surface area contributed by atoms with E-state index in [2.05, 4.69) is 20.4 Å². The van der Waals surface area contributed by atoms with Crippen LogP contribution in [0.2, 0.25) is 0 Å². The number of aliphatic hydroxyl groups is 2. The standard InChI is InChI=1S/C19H33NO2/c1-12-4-5-15-14(11-20)16(7-9-18(12,15)2)19(3)8-6-13(21)10-17(19)22/h13-17,21-22H,1,4-11,20H2,2-3H3/t13-,14-,15-,16-,17-,18+,19+/m0/s1. The highest BCUT2D eigenvalue weighted by molar-refractivity contribution is 5.20. The maximum Gasteiger partial charge on any atom is 0.0621 e. The predicted octanol–water partition coefficient (Wildman–Crippen LogP) is 2.86. The SMILES string of the molecule is C=C1CC[C@H]2[C@H](CN)[C@@H]([C@@]3(C)CC[C@H](O)C[C@@H]3O)CC[C@]12C. The topological polar surface area (TPSA) is 66.5 Å². The Morgan fingerprint density at radius 3 is 2.50 bits per heavy atom. The van der Waals surface area contributed by atoms with Crippen molar-refractivity contribution < 1.29 is 10.2 Å². The maximum absolute atomic E-state index is 10.7. The first kappa shape index (κ1) is 16.5. The Kier molecular flexibility index (Phi) is 4.20. The molecule has 3 rings (SSSR count). The summed E-state index contributed by atoms with van der Waals surface area (Å²) in [7, 11) is 0. The van der Waals surface area contributed by atoms with Crippen LogP contribution in [-0.4, -0.2) is 29.0 Å². The van der Waals surface area contributed by atoms with Gasteiger partial charge in [-0.05, 0) is 80.1 Å². The molecule has 3 aliphatic carbocycles. The normalized spacial score (nSPS) is 52.6. The van der Waals surface area contributed by atoms with Crippen molar-refractivity contribution in [3.8, 4) is 0 Å². The van der Waals surface area contributed by atoms with Crippen molar-refractivity contribution >= 4 is 0 Å². The lowest BCUT2D eigenvalue weighted by atomic mass is 9.51. The molecule has 7 atom stereocenters. The number of rotatable bonds is 2. The van der Waals surface area contributed by atoms with Crippen LogP contribution in [0, 0.1) is 28.6 Å². The minimum atomic E-state index is -0.399. The Bertz CT molecular complexity index is 451. The van der Waals surface area contributed by atoms with E-state index in [1.165, 1.54) is 18.4 Å². The lowest BCUT2D eigenvalue weighted by Gasteiger charge is -2.55. The van der Waals surface area contributed by atoms with Crippen molar-refractivity contribution in [1.29, 1.82) is 0 Å². The molecule has 4 N–H and O–H groups in total. The summed E-state index contributed by atoms with van der Waals surface area (Å²) in [5.74, 6) is 1.58. The Labute approximate surface area is 135 Å². The van der Waals surface area contributed by atoms with Gasteiger partial charge in [-0.25, -0.2) is 0 Å². The van der Waals surface area contributed by atoms with E-state index in [9.17, 15) is 10.2 Å². The molecule has 0 aromatic carbocycles. The van der Waals surface area contributed by atoms with Gasteiger partial charge in [-0.15, -0.1) is 0 Å². The Morgan fingerprint density at radius 1 is 1.14 bits per heavy atom. The summed E-state index contributed by atoms with van der Waals surface area (Å²) < 4.78 is 0. The molecule has 3 aliphatic rings. The quantitative estimate of drug-likeness (QED) is 0.687. The maximum atomic E-state index is 10.7. The molecule has 0 unspecified atom stereocenters. The van der Waals surface area contributed by atoms with E-state index in [1.807, 2.05) is 0 Å². The van der Waals surface area contributed by atoms with E-state index in [0.29, 0.717) is 30.7 Å². The third kappa shape index (κ3) is 2.28. The van der Waals surface area contributed by atoms with E-state index < -0.39 is 6.10 Å². The van der Waals surface area contributed by atoms with Gasteiger partial charge in [0.2, 0.25) is 0 Å². The molecule has 0 aliphatic heterocycles. The van der Waals surface area contributed by atoms with Crippen LogP contribution in [0.5, 0.6) is 0 Å². The molecule has 3 fully saturated rings. The molecule has 0 saturated heterocycles. The summed E-state index contributed by atoms with van der Waals surface area (Å²) in [4.78, 5) is 0. The molecule has 0 heterocycles. The lowest BCUT2D eigenvalue weighted by molar-refractivity contribution is -0.117. The Balaban J connectivity index is 1.87. The van der Waals surface area contributed by atoms with Gasteiger partial charge in [0.1, 0.15) is 0 Å². The van der Waals surface area contributed by atoms with Gasteiger partial charge in [0.25, 0.3) is 0 Å². The summed E-state index contributed by atoms with van der Waals surface area (Å²) in [6.45, 7) is 9.67. The molecule has 126 valence electrons. The van der Waals surface area contributed by atoms with Crippen LogP contribution in [-0.2, 0) is 0 Å². The summed E-state index contributed by atoms with van der Waals surface area (Å²) in [6, 6.07) is 0.